The number of carbonyl (C=O) groups is 3. The third-order valence-corrected chi connectivity index (χ3v) is 5.20. The van der Waals surface area contributed by atoms with Crippen molar-refractivity contribution in [2.75, 3.05) is 11.9 Å². The smallest absolute Gasteiger partial charge is 0.408 e. The second-order valence-electron chi connectivity index (χ2n) is 10.3. The highest BCUT2D eigenvalue weighted by atomic mass is 19.3. The zero-order valence-corrected chi connectivity index (χ0v) is 21.8. The van der Waals surface area contributed by atoms with Gasteiger partial charge in [0.25, 0.3) is 0 Å². The van der Waals surface area contributed by atoms with Gasteiger partial charge in [0, 0.05) is 6.20 Å². The van der Waals surface area contributed by atoms with Gasteiger partial charge in [-0.05, 0) is 32.8 Å². The van der Waals surface area contributed by atoms with Crippen LogP contribution in [0.5, 0.6) is 0 Å². The van der Waals surface area contributed by atoms with E-state index in [9.17, 15) is 24.3 Å². The van der Waals surface area contributed by atoms with Crippen LogP contribution in [0.25, 0.3) is 0 Å². The number of nitrogens with one attached hydrogen (secondary N) is 2. The first kappa shape index (κ1) is 30.1. The summed E-state index contributed by atoms with van der Waals surface area (Å²) in [7, 11) is 0. The van der Waals surface area contributed by atoms with Crippen LogP contribution in [0.3, 0.4) is 0 Å². The Labute approximate surface area is 212 Å². The number of ether oxygens (including phenoxy) is 3. The summed E-state index contributed by atoms with van der Waals surface area (Å²) in [5, 5.41) is 14.3. The standard InChI is InChI=1S/C23H34F2N4O8/c1-11(2)15(28-21(34)37-22(5,6)7)17(31)26-14-8-9-29(20(33)27-14)19-23(24,25)16(13(10-30)35-19)36-18(32)12(3)4/h8-9,11-13,15-16,19,30H,10H2,1-7H3,(H,28,34)(H,26,27,31,33). The zero-order chi connectivity index (χ0) is 28.3. The van der Waals surface area contributed by atoms with Crippen LogP contribution in [0.15, 0.2) is 17.1 Å². The summed E-state index contributed by atoms with van der Waals surface area (Å²) in [4.78, 5) is 53.0. The van der Waals surface area contributed by atoms with Crippen molar-refractivity contribution >= 4 is 23.8 Å². The van der Waals surface area contributed by atoms with Crippen LogP contribution >= 0.6 is 0 Å². The quantitative estimate of drug-likeness (QED) is 0.425. The Morgan fingerprint density at radius 3 is 2.35 bits per heavy atom. The molecule has 208 valence electrons. The number of halogens is 2. The third-order valence-electron chi connectivity index (χ3n) is 5.20. The number of amides is 2. The molecule has 37 heavy (non-hydrogen) atoms. The third kappa shape index (κ3) is 7.44. The molecule has 1 aromatic rings. The molecule has 0 bridgehead atoms. The predicted molar refractivity (Wildman–Crippen MR) is 126 cm³/mol. The summed E-state index contributed by atoms with van der Waals surface area (Å²) in [5.41, 5.74) is -1.99. The van der Waals surface area contributed by atoms with E-state index >= 15 is 8.78 Å². The number of aliphatic hydroxyl groups excluding tert-OH is 1. The minimum absolute atomic E-state index is 0.259. The average Bonchev–Trinajstić information content (AvgIpc) is 3.00. The first-order valence-electron chi connectivity index (χ1n) is 11.7. The zero-order valence-electron chi connectivity index (χ0n) is 21.8. The van der Waals surface area contributed by atoms with E-state index in [4.69, 9.17) is 14.2 Å². The molecule has 0 spiro atoms. The van der Waals surface area contributed by atoms with E-state index in [1.54, 1.807) is 34.6 Å². The highest BCUT2D eigenvalue weighted by Gasteiger charge is 2.62. The second-order valence-corrected chi connectivity index (χ2v) is 10.3. The number of esters is 1. The molecule has 2 rings (SSSR count). The molecule has 14 heteroatoms. The fourth-order valence-corrected chi connectivity index (χ4v) is 3.36. The van der Waals surface area contributed by atoms with Crippen molar-refractivity contribution in [2.45, 2.75) is 84.5 Å². The molecular formula is C23H34F2N4O8. The van der Waals surface area contributed by atoms with Crippen molar-refractivity contribution in [1.82, 2.24) is 14.9 Å². The van der Waals surface area contributed by atoms with Crippen LogP contribution in [0.4, 0.5) is 19.4 Å². The molecule has 1 aliphatic rings. The molecule has 4 unspecified atom stereocenters. The Morgan fingerprint density at radius 2 is 1.86 bits per heavy atom. The van der Waals surface area contributed by atoms with Crippen molar-refractivity contribution in [2.24, 2.45) is 11.8 Å². The van der Waals surface area contributed by atoms with Gasteiger partial charge in [0.15, 0.2) is 6.10 Å². The van der Waals surface area contributed by atoms with E-state index in [0.29, 0.717) is 4.57 Å². The molecule has 1 saturated heterocycles. The molecule has 1 aromatic heterocycles. The fourth-order valence-electron chi connectivity index (χ4n) is 3.36. The summed E-state index contributed by atoms with van der Waals surface area (Å²) in [6.45, 7) is 10.3. The number of anilines is 1. The SMILES string of the molecule is CC(C)C(=O)OC1C(CO)OC(n2ccc(NC(=O)C(NC(=O)OC(C)(C)C)C(C)C)nc2=O)C1(F)F. The van der Waals surface area contributed by atoms with Crippen LogP contribution in [-0.2, 0) is 23.8 Å². The van der Waals surface area contributed by atoms with E-state index in [2.05, 4.69) is 15.6 Å². The van der Waals surface area contributed by atoms with Gasteiger partial charge in [0.05, 0.1) is 12.5 Å². The van der Waals surface area contributed by atoms with Gasteiger partial charge in [-0.3, -0.25) is 14.2 Å². The molecule has 0 aromatic carbocycles. The maximum Gasteiger partial charge on any atom is 0.408 e. The molecule has 2 heterocycles. The normalized spacial score (nSPS) is 22.0. The maximum absolute atomic E-state index is 15.1. The number of rotatable bonds is 8. The summed E-state index contributed by atoms with van der Waals surface area (Å²) >= 11 is 0. The number of alkyl halides is 2. The van der Waals surface area contributed by atoms with Crippen molar-refractivity contribution in [1.29, 1.82) is 0 Å². The lowest BCUT2D eigenvalue weighted by atomic mass is 10.0. The van der Waals surface area contributed by atoms with Gasteiger partial charge >= 0.3 is 23.7 Å². The van der Waals surface area contributed by atoms with E-state index in [-0.39, 0.29) is 11.7 Å². The molecular weight excluding hydrogens is 498 g/mol. The highest BCUT2D eigenvalue weighted by Crippen LogP contribution is 2.44. The number of aromatic nitrogens is 2. The number of alkyl carbamates (subject to hydrolysis) is 1. The number of hydrogen-bond acceptors (Lipinski definition) is 9. The van der Waals surface area contributed by atoms with Crippen molar-refractivity contribution in [3.63, 3.8) is 0 Å². The maximum atomic E-state index is 15.1. The van der Waals surface area contributed by atoms with Crippen molar-refractivity contribution < 1.29 is 42.5 Å². The van der Waals surface area contributed by atoms with Crippen LogP contribution in [0.1, 0.15) is 54.7 Å². The van der Waals surface area contributed by atoms with Gasteiger partial charge in [-0.25, -0.2) is 9.59 Å². The number of hydrogen-bond donors (Lipinski definition) is 3. The van der Waals surface area contributed by atoms with E-state index in [0.717, 1.165) is 12.3 Å². The van der Waals surface area contributed by atoms with Crippen molar-refractivity contribution in [3.8, 4) is 0 Å². The molecule has 12 nitrogen and oxygen atoms in total. The predicted octanol–water partition coefficient (Wildman–Crippen LogP) is 1.82. The number of carbonyl (C=O) groups excluding carboxylic acids is 3. The summed E-state index contributed by atoms with van der Waals surface area (Å²) in [5.74, 6) is -6.86. The van der Waals surface area contributed by atoms with Gasteiger partial charge < -0.3 is 30.0 Å². The van der Waals surface area contributed by atoms with E-state index in [1.807, 2.05) is 0 Å². The van der Waals surface area contributed by atoms with Gasteiger partial charge in [-0.2, -0.15) is 13.8 Å². The van der Waals surface area contributed by atoms with Crippen molar-refractivity contribution in [3.05, 3.63) is 22.7 Å². The monoisotopic (exact) mass is 532 g/mol. The highest BCUT2D eigenvalue weighted by molar-refractivity contribution is 5.96. The molecule has 0 radical (unpaired) electrons. The number of aliphatic hydroxyl groups is 1. The molecule has 1 aliphatic heterocycles. The van der Waals surface area contributed by atoms with E-state index < -0.39 is 72.2 Å². The van der Waals surface area contributed by atoms with Gasteiger partial charge in [-0.1, -0.05) is 27.7 Å². The van der Waals surface area contributed by atoms with Crippen LogP contribution in [0.2, 0.25) is 0 Å². The second kappa shape index (κ2) is 11.5. The average molecular weight is 533 g/mol. The number of nitrogens with zero attached hydrogens (tertiary/aromatic N) is 2. The lowest BCUT2D eigenvalue weighted by Crippen LogP contribution is -2.49. The van der Waals surface area contributed by atoms with Gasteiger partial charge in [-0.15, -0.1) is 0 Å². The molecule has 0 saturated carbocycles. The summed E-state index contributed by atoms with van der Waals surface area (Å²) < 4.78 is 45.9. The van der Waals surface area contributed by atoms with Gasteiger partial charge in [0.1, 0.15) is 23.6 Å². The molecule has 4 atom stereocenters. The first-order valence-corrected chi connectivity index (χ1v) is 11.7. The lowest BCUT2D eigenvalue weighted by Gasteiger charge is -2.25. The Balaban J connectivity index is 2.22. The topological polar surface area (TPSA) is 158 Å². The Hall–Kier alpha value is -3.13. The first-order chi connectivity index (χ1) is 17.0. The minimum atomic E-state index is -3.88. The van der Waals surface area contributed by atoms with Crippen LogP contribution in [-0.4, -0.2) is 69.0 Å². The fraction of sp³-hybridized carbons (Fsp3) is 0.696. The Bertz CT molecular complexity index is 1050. The Morgan fingerprint density at radius 1 is 1.24 bits per heavy atom. The largest absolute Gasteiger partial charge is 0.453 e. The summed E-state index contributed by atoms with van der Waals surface area (Å²) in [6.07, 6.45) is -5.83. The molecule has 2 amide bonds. The van der Waals surface area contributed by atoms with E-state index in [1.165, 1.54) is 13.8 Å². The van der Waals surface area contributed by atoms with Crippen LogP contribution < -0.4 is 16.3 Å². The molecule has 1 fully saturated rings. The summed E-state index contributed by atoms with van der Waals surface area (Å²) in [6, 6.07) is 0.0358. The molecule has 3 N–H and O–H groups in total. The molecule has 0 aliphatic carbocycles. The van der Waals surface area contributed by atoms with Gasteiger partial charge in [0.2, 0.25) is 12.1 Å². The van der Waals surface area contributed by atoms with Crippen LogP contribution in [0, 0.1) is 11.8 Å². The lowest BCUT2D eigenvalue weighted by molar-refractivity contribution is -0.179. The minimum Gasteiger partial charge on any atom is -0.453 e. The Kier molecular flexibility index (Phi) is 9.36.